The molecule has 0 N–H and O–H groups in total. The van der Waals surface area contributed by atoms with E-state index in [2.05, 4.69) is 49.1 Å². The maximum absolute atomic E-state index is 2.60. The summed E-state index contributed by atoms with van der Waals surface area (Å²) in [5, 5.41) is 0. The van der Waals surface area contributed by atoms with Gasteiger partial charge in [-0.05, 0) is 44.7 Å². The summed E-state index contributed by atoms with van der Waals surface area (Å²) in [5.74, 6) is 0.752. The van der Waals surface area contributed by atoms with Gasteiger partial charge < -0.3 is 4.90 Å². The van der Waals surface area contributed by atoms with Crippen LogP contribution in [0.1, 0.15) is 38.2 Å². The van der Waals surface area contributed by atoms with Crippen molar-refractivity contribution in [3.05, 3.63) is 35.9 Å². The van der Waals surface area contributed by atoms with Crippen LogP contribution in [0.25, 0.3) is 0 Å². The van der Waals surface area contributed by atoms with Gasteiger partial charge in [-0.1, -0.05) is 30.3 Å². The van der Waals surface area contributed by atoms with Crippen LogP contribution in [0, 0.1) is 0 Å². The van der Waals surface area contributed by atoms with Crippen molar-refractivity contribution in [2.45, 2.75) is 38.6 Å². The quantitative estimate of drug-likeness (QED) is 0.713. The predicted octanol–water partition coefficient (Wildman–Crippen LogP) is 3.27. The number of piperidine rings is 1. The molecule has 0 spiro atoms. The van der Waals surface area contributed by atoms with E-state index in [9.17, 15) is 0 Å². The molecular weight excluding hydrogens is 182 g/mol. The summed E-state index contributed by atoms with van der Waals surface area (Å²) in [5.41, 5.74) is 1.52. The van der Waals surface area contributed by atoms with Crippen molar-refractivity contribution in [2.24, 2.45) is 0 Å². The van der Waals surface area contributed by atoms with Crippen LogP contribution in [0.4, 0.5) is 0 Å². The zero-order valence-corrected chi connectivity index (χ0v) is 9.82. The molecule has 0 bridgehead atoms. The van der Waals surface area contributed by atoms with Gasteiger partial charge in [-0.3, -0.25) is 0 Å². The molecule has 1 heterocycles. The van der Waals surface area contributed by atoms with E-state index in [-0.39, 0.29) is 0 Å². The van der Waals surface area contributed by atoms with E-state index in [0.717, 1.165) is 5.92 Å². The topological polar surface area (TPSA) is 3.24 Å². The van der Waals surface area contributed by atoms with Gasteiger partial charge in [0.2, 0.25) is 0 Å². The fraction of sp³-hybridized carbons (Fsp3) is 0.571. The van der Waals surface area contributed by atoms with Crippen LogP contribution < -0.4 is 0 Å². The Kier molecular flexibility index (Phi) is 3.42. The van der Waals surface area contributed by atoms with Crippen molar-refractivity contribution < 1.29 is 0 Å². The Morgan fingerprint density at radius 1 is 1.20 bits per heavy atom. The first kappa shape index (κ1) is 10.7. The third kappa shape index (κ3) is 2.60. The van der Waals surface area contributed by atoms with E-state index >= 15 is 0 Å². The van der Waals surface area contributed by atoms with Crippen LogP contribution in [0.15, 0.2) is 30.3 Å². The molecule has 0 aliphatic carbocycles. The summed E-state index contributed by atoms with van der Waals surface area (Å²) >= 11 is 0. The highest BCUT2D eigenvalue weighted by molar-refractivity contribution is 5.20. The number of rotatable bonds is 2. The molecule has 1 fully saturated rings. The molecule has 1 atom stereocenters. The average molecular weight is 203 g/mol. The third-order valence-electron chi connectivity index (χ3n) is 3.45. The Bertz CT molecular complexity index is 291. The van der Waals surface area contributed by atoms with Gasteiger partial charge >= 0.3 is 0 Å². The number of benzene rings is 1. The highest BCUT2D eigenvalue weighted by atomic mass is 15.2. The summed E-state index contributed by atoms with van der Waals surface area (Å²) in [4.78, 5) is 2.60. The second kappa shape index (κ2) is 4.80. The maximum Gasteiger partial charge on any atom is 0.00530 e. The second-order valence-corrected chi connectivity index (χ2v) is 4.84. The first-order valence-electron chi connectivity index (χ1n) is 6.06. The normalized spacial score (nSPS) is 23.3. The molecule has 1 saturated heterocycles. The molecule has 1 aromatic carbocycles. The van der Waals surface area contributed by atoms with E-state index in [1.54, 1.807) is 0 Å². The Balaban J connectivity index is 2.05. The van der Waals surface area contributed by atoms with E-state index < -0.39 is 0 Å². The van der Waals surface area contributed by atoms with Crippen molar-refractivity contribution in [3.63, 3.8) is 0 Å². The lowest BCUT2D eigenvalue weighted by atomic mass is 9.90. The molecule has 1 nitrogen and oxygen atoms in total. The Morgan fingerprint density at radius 3 is 2.60 bits per heavy atom. The lowest BCUT2D eigenvalue weighted by Gasteiger charge is -2.35. The average Bonchev–Trinajstić information content (AvgIpc) is 2.30. The summed E-state index contributed by atoms with van der Waals surface area (Å²) in [6.07, 6.45) is 2.70. The maximum atomic E-state index is 2.60. The van der Waals surface area contributed by atoms with Gasteiger partial charge in [-0.25, -0.2) is 0 Å². The van der Waals surface area contributed by atoms with E-state index in [0.29, 0.717) is 6.04 Å². The number of hydrogen-bond acceptors (Lipinski definition) is 1. The Hall–Kier alpha value is -0.820. The number of nitrogens with zero attached hydrogens (tertiary/aromatic N) is 1. The van der Waals surface area contributed by atoms with E-state index in [1.165, 1.54) is 31.5 Å². The van der Waals surface area contributed by atoms with Crippen molar-refractivity contribution in [1.29, 1.82) is 0 Å². The highest BCUT2D eigenvalue weighted by Crippen LogP contribution is 2.27. The fourth-order valence-corrected chi connectivity index (χ4v) is 2.47. The summed E-state index contributed by atoms with van der Waals surface area (Å²) in [7, 11) is 0. The van der Waals surface area contributed by atoms with Gasteiger partial charge in [0.05, 0.1) is 0 Å². The van der Waals surface area contributed by atoms with Crippen molar-refractivity contribution >= 4 is 0 Å². The Labute approximate surface area is 93.1 Å². The highest BCUT2D eigenvalue weighted by Gasteiger charge is 2.22. The van der Waals surface area contributed by atoms with E-state index in [1.807, 2.05) is 0 Å². The summed E-state index contributed by atoms with van der Waals surface area (Å²) < 4.78 is 0. The van der Waals surface area contributed by atoms with Crippen LogP contribution >= 0.6 is 0 Å². The summed E-state index contributed by atoms with van der Waals surface area (Å²) in [6, 6.07) is 11.7. The first-order valence-corrected chi connectivity index (χ1v) is 6.06. The van der Waals surface area contributed by atoms with Crippen molar-refractivity contribution in [1.82, 2.24) is 4.90 Å². The zero-order chi connectivity index (χ0) is 10.7. The van der Waals surface area contributed by atoms with Crippen molar-refractivity contribution in [2.75, 3.05) is 13.1 Å². The lowest BCUT2D eigenvalue weighted by Crippen LogP contribution is -2.39. The van der Waals surface area contributed by atoms with Gasteiger partial charge in [0.15, 0.2) is 0 Å². The molecule has 0 unspecified atom stereocenters. The standard InChI is InChI=1S/C14H21N/c1-12(2)15-10-6-9-14(11-15)13-7-4-3-5-8-13/h3-5,7-8,12,14H,6,9-11H2,1-2H3/t14-/m1/s1. The van der Waals surface area contributed by atoms with Crippen molar-refractivity contribution in [3.8, 4) is 0 Å². The molecule has 1 heteroatoms. The van der Waals surface area contributed by atoms with Gasteiger partial charge in [0, 0.05) is 12.6 Å². The monoisotopic (exact) mass is 203 g/mol. The fourth-order valence-electron chi connectivity index (χ4n) is 2.47. The molecule has 0 aromatic heterocycles. The first-order chi connectivity index (χ1) is 7.27. The van der Waals surface area contributed by atoms with Crippen LogP contribution in [0.3, 0.4) is 0 Å². The van der Waals surface area contributed by atoms with Crippen LogP contribution in [0.2, 0.25) is 0 Å². The minimum Gasteiger partial charge on any atom is -0.300 e. The molecule has 15 heavy (non-hydrogen) atoms. The van der Waals surface area contributed by atoms with Gasteiger partial charge in [-0.15, -0.1) is 0 Å². The largest absolute Gasteiger partial charge is 0.300 e. The summed E-state index contributed by atoms with van der Waals surface area (Å²) in [6.45, 7) is 7.11. The number of likely N-dealkylation sites (tertiary alicyclic amines) is 1. The molecule has 0 radical (unpaired) electrons. The second-order valence-electron chi connectivity index (χ2n) is 4.84. The molecule has 82 valence electrons. The molecule has 0 saturated carbocycles. The minimum absolute atomic E-state index is 0.691. The molecule has 1 aliphatic rings. The molecule has 1 aliphatic heterocycles. The van der Waals surface area contributed by atoms with Gasteiger partial charge in [0.1, 0.15) is 0 Å². The van der Waals surface area contributed by atoms with Gasteiger partial charge in [0.25, 0.3) is 0 Å². The SMILES string of the molecule is CC(C)N1CCC[C@@H](c2ccccc2)C1. The third-order valence-corrected chi connectivity index (χ3v) is 3.45. The number of hydrogen-bond donors (Lipinski definition) is 0. The smallest absolute Gasteiger partial charge is 0.00530 e. The van der Waals surface area contributed by atoms with Crippen LogP contribution in [0.5, 0.6) is 0 Å². The van der Waals surface area contributed by atoms with E-state index in [4.69, 9.17) is 0 Å². The zero-order valence-electron chi connectivity index (χ0n) is 9.82. The van der Waals surface area contributed by atoms with Gasteiger partial charge in [-0.2, -0.15) is 0 Å². The molecular formula is C14H21N. The molecule has 0 amide bonds. The lowest BCUT2D eigenvalue weighted by molar-refractivity contribution is 0.167. The van der Waals surface area contributed by atoms with Crippen LogP contribution in [-0.4, -0.2) is 24.0 Å². The predicted molar refractivity (Wildman–Crippen MR) is 65.1 cm³/mol. The van der Waals surface area contributed by atoms with Crippen LogP contribution in [-0.2, 0) is 0 Å². The molecule has 1 aromatic rings. The minimum atomic E-state index is 0.691. The molecule has 2 rings (SSSR count). The Morgan fingerprint density at radius 2 is 1.93 bits per heavy atom.